The molecule has 2 saturated heterocycles. The maximum absolute atomic E-state index is 13.6. The highest BCUT2D eigenvalue weighted by Gasteiger charge is 2.62. The van der Waals surface area contributed by atoms with Crippen molar-refractivity contribution in [3.63, 3.8) is 0 Å². The van der Waals surface area contributed by atoms with E-state index in [2.05, 4.69) is 10.6 Å². The molecule has 38 heavy (non-hydrogen) atoms. The molecule has 3 atom stereocenters. The van der Waals surface area contributed by atoms with Crippen LogP contribution < -0.4 is 10.6 Å². The van der Waals surface area contributed by atoms with E-state index in [0.29, 0.717) is 24.0 Å². The number of hydrogen-bond acceptors (Lipinski definition) is 5. The molecule has 4 aliphatic rings. The minimum absolute atomic E-state index is 0.0565. The first-order chi connectivity index (χ1) is 18.0. The van der Waals surface area contributed by atoms with Crippen LogP contribution in [0.3, 0.4) is 0 Å². The zero-order valence-electron chi connectivity index (χ0n) is 21.3. The maximum Gasteiger partial charge on any atom is 0.297 e. The third-order valence-corrected chi connectivity index (χ3v) is 8.27. The molecule has 11 heteroatoms. The lowest BCUT2D eigenvalue weighted by Gasteiger charge is -2.48. The molecule has 5 rings (SSSR count). The second-order valence-corrected chi connectivity index (χ2v) is 11.2. The Kier molecular flexibility index (Phi) is 6.79. The standard InChI is InChI=1S/C27H30ClFN4O5/c1-14(2)30-20(34)12-16-5-3-4-9-27(16)31-24(36)22-17-8-10-32(13-15-6-7-19(29)18(28)11-15)25(37)21(17)23(35)26(38)33(22)27/h6-7,11,14,16,21H,3-5,8-10,12-13H2,1-2H3,(H,30,34)(H,31,36). The quantitative estimate of drug-likeness (QED) is 0.436. The largest absolute Gasteiger partial charge is 0.354 e. The predicted molar refractivity (Wildman–Crippen MR) is 135 cm³/mol. The summed E-state index contributed by atoms with van der Waals surface area (Å²) in [5.41, 5.74) is -0.166. The van der Waals surface area contributed by atoms with E-state index >= 15 is 0 Å². The van der Waals surface area contributed by atoms with Gasteiger partial charge in [-0.15, -0.1) is 0 Å². The van der Waals surface area contributed by atoms with Crippen LogP contribution in [0.15, 0.2) is 29.5 Å². The van der Waals surface area contributed by atoms with E-state index < -0.39 is 40.9 Å². The number of benzene rings is 1. The van der Waals surface area contributed by atoms with E-state index in [1.54, 1.807) is 0 Å². The molecular formula is C27H30ClFN4O5. The van der Waals surface area contributed by atoms with Crippen LogP contribution in [0, 0.1) is 17.7 Å². The maximum atomic E-state index is 13.6. The lowest BCUT2D eigenvalue weighted by Crippen LogP contribution is -2.64. The van der Waals surface area contributed by atoms with Gasteiger partial charge in [0.1, 0.15) is 23.1 Å². The predicted octanol–water partition coefficient (Wildman–Crippen LogP) is 2.42. The number of halogens is 2. The Balaban J connectivity index is 1.47. The van der Waals surface area contributed by atoms with Crippen LogP contribution in [0.4, 0.5) is 4.39 Å². The highest BCUT2D eigenvalue weighted by molar-refractivity contribution is 6.44. The second kappa shape index (κ2) is 9.80. The summed E-state index contributed by atoms with van der Waals surface area (Å²) in [6.45, 7) is 4.02. The summed E-state index contributed by atoms with van der Waals surface area (Å²) in [4.78, 5) is 69.3. The summed E-state index contributed by atoms with van der Waals surface area (Å²) in [7, 11) is 0. The topological polar surface area (TPSA) is 116 Å². The molecule has 3 unspecified atom stereocenters. The summed E-state index contributed by atoms with van der Waals surface area (Å²) >= 11 is 5.88. The number of amides is 4. The normalized spacial score (nSPS) is 27.2. The van der Waals surface area contributed by atoms with Gasteiger partial charge in [0.2, 0.25) is 17.6 Å². The average Bonchev–Trinajstić information content (AvgIpc) is 3.14. The molecule has 3 fully saturated rings. The van der Waals surface area contributed by atoms with Crippen molar-refractivity contribution < 1.29 is 28.4 Å². The molecule has 0 aromatic heterocycles. The van der Waals surface area contributed by atoms with Crippen LogP contribution in [0.2, 0.25) is 5.02 Å². The fraction of sp³-hybridized carbons (Fsp3) is 0.519. The van der Waals surface area contributed by atoms with Crippen LogP contribution in [0.1, 0.15) is 57.9 Å². The minimum atomic E-state index is -1.37. The smallest absolute Gasteiger partial charge is 0.297 e. The number of carbonyl (C=O) groups is 5. The van der Waals surface area contributed by atoms with Crippen molar-refractivity contribution >= 4 is 41.0 Å². The molecule has 202 valence electrons. The lowest BCUT2D eigenvalue weighted by molar-refractivity contribution is -0.157. The number of fused-ring (bicyclic) bond motifs is 3. The molecule has 1 saturated carbocycles. The van der Waals surface area contributed by atoms with E-state index in [1.807, 2.05) is 13.8 Å². The monoisotopic (exact) mass is 544 g/mol. The van der Waals surface area contributed by atoms with Gasteiger partial charge in [0.25, 0.3) is 11.8 Å². The van der Waals surface area contributed by atoms with Crippen LogP contribution in [-0.2, 0) is 30.5 Å². The van der Waals surface area contributed by atoms with Crippen molar-refractivity contribution in [2.45, 2.75) is 70.6 Å². The molecule has 1 spiro atoms. The van der Waals surface area contributed by atoms with E-state index in [1.165, 1.54) is 28.0 Å². The lowest BCUT2D eigenvalue weighted by atomic mass is 9.74. The Labute approximate surface area is 224 Å². The SMILES string of the molecule is CC(C)NC(=O)CC1CCCCC12NC(=O)C1=C3CCN(Cc4ccc(F)c(Cl)c4)C(=O)C3C(=O)C(=O)N12. The fourth-order valence-electron chi connectivity index (χ4n) is 6.36. The zero-order chi connectivity index (χ0) is 27.4. The van der Waals surface area contributed by atoms with Gasteiger partial charge in [0, 0.05) is 31.5 Å². The van der Waals surface area contributed by atoms with E-state index in [4.69, 9.17) is 11.6 Å². The Morgan fingerprint density at radius 1 is 1.24 bits per heavy atom. The van der Waals surface area contributed by atoms with Crippen molar-refractivity contribution in [3.8, 4) is 0 Å². The number of piperidine rings is 1. The van der Waals surface area contributed by atoms with Gasteiger partial charge < -0.3 is 15.5 Å². The van der Waals surface area contributed by atoms with Crippen molar-refractivity contribution in [2.75, 3.05) is 6.54 Å². The molecule has 0 radical (unpaired) electrons. The van der Waals surface area contributed by atoms with Crippen molar-refractivity contribution in [1.82, 2.24) is 20.4 Å². The number of nitrogens with zero attached hydrogens (tertiary/aromatic N) is 2. The highest BCUT2D eigenvalue weighted by atomic mass is 35.5. The summed E-state index contributed by atoms with van der Waals surface area (Å²) in [6.07, 6.45) is 2.93. The third-order valence-electron chi connectivity index (χ3n) is 7.98. The first-order valence-electron chi connectivity index (χ1n) is 13.0. The molecule has 1 aromatic rings. The molecule has 2 N–H and O–H groups in total. The molecule has 0 bridgehead atoms. The summed E-state index contributed by atoms with van der Waals surface area (Å²) in [5.74, 6) is -5.33. The van der Waals surface area contributed by atoms with Gasteiger partial charge in [-0.2, -0.15) is 0 Å². The summed E-state index contributed by atoms with van der Waals surface area (Å²) in [6, 6.07) is 4.07. The molecule has 1 aliphatic carbocycles. The van der Waals surface area contributed by atoms with Gasteiger partial charge in [0.05, 0.1) is 5.02 Å². The van der Waals surface area contributed by atoms with Gasteiger partial charge in [-0.05, 0) is 62.8 Å². The number of carbonyl (C=O) groups excluding carboxylic acids is 5. The average molecular weight is 545 g/mol. The molecule has 4 amide bonds. The second-order valence-electron chi connectivity index (χ2n) is 10.8. The van der Waals surface area contributed by atoms with Crippen LogP contribution in [0.25, 0.3) is 0 Å². The number of ketones is 1. The Morgan fingerprint density at radius 3 is 2.71 bits per heavy atom. The Morgan fingerprint density at radius 2 is 2.00 bits per heavy atom. The van der Waals surface area contributed by atoms with Gasteiger partial charge in [-0.25, -0.2) is 4.39 Å². The van der Waals surface area contributed by atoms with Crippen LogP contribution in [0.5, 0.6) is 0 Å². The fourth-order valence-corrected chi connectivity index (χ4v) is 6.57. The van der Waals surface area contributed by atoms with Gasteiger partial charge in [-0.1, -0.05) is 24.1 Å². The molecule has 1 aromatic carbocycles. The number of rotatable bonds is 5. The first kappa shape index (κ1) is 26.3. The Hall–Kier alpha value is -3.27. The van der Waals surface area contributed by atoms with Gasteiger partial charge in [-0.3, -0.25) is 28.9 Å². The van der Waals surface area contributed by atoms with E-state index in [-0.39, 0.29) is 54.5 Å². The van der Waals surface area contributed by atoms with Crippen molar-refractivity contribution in [1.29, 1.82) is 0 Å². The van der Waals surface area contributed by atoms with Crippen LogP contribution in [-0.4, -0.2) is 57.5 Å². The first-order valence-corrected chi connectivity index (χ1v) is 13.4. The van der Waals surface area contributed by atoms with Gasteiger partial charge in [0.15, 0.2) is 0 Å². The van der Waals surface area contributed by atoms with E-state index in [9.17, 15) is 28.4 Å². The van der Waals surface area contributed by atoms with Gasteiger partial charge >= 0.3 is 0 Å². The molecule has 9 nitrogen and oxygen atoms in total. The van der Waals surface area contributed by atoms with E-state index in [0.717, 1.165) is 12.8 Å². The number of likely N-dealkylation sites (tertiary alicyclic amines) is 1. The van der Waals surface area contributed by atoms with Crippen molar-refractivity contribution in [3.05, 3.63) is 45.9 Å². The van der Waals surface area contributed by atoms with Crippen molar-refractivity contribution in [2.24, 2.45) is 11.8 Å². The highest BCUT2D eigenvalue weighted by Crippen LogP contribution is 2.48. The summed E-state index contributed by atoms with van der Waals surface area (Å²) in [5, 5.41) is 5.77. The third kappa shape index (κ3) is 4.28. The zero-order valence-corrected chi connectivity index (χ0v) is 22.1. The van der Waals surface area contributed by atoms with Crippen LogP contribution >= 0.6 is 11.6 Å². The minimum Gasteiger partial charge on any atom is -0.354 e. The molecular weight excluding hydrogens is 515 g/mol. The number of hydrogen-bond donors (Lipinski definition) is 2. The number of Topliss-reactive ketones (excluding diaryl/α,β-unsaturated/α-hetero) is 1. The number of nitrogens with one attached hydrogen (secondary N) is 2. The Bertz CT molecular complexity index is 1280. The molecule has 3 aliphatic heterocycles. The molecule has 3 heterocycles. The summed E-state index contributed by atoms with van der Waals surface area (Å²) < 4.78 is 13.6.